The third kappa shape index (κ3) is 2.98. The summed E-state index contributed by atoms with van der Waals surface area (Å²) in [6.45, 7) is 6.37. The van der Waals surface area contributed by atoms with Crippen LogP contribution in [0.5, 0.6) is 0 Å². The van der Waals surface area contributed by atoms with Crippen molar-refractivity contribution in [1.82, 2.24) is 5.16 Å². The van der Waals surface area contributed by atoms with Crippen LogP contribution in [0.2, 0.25) is 0 Å². The minimum absolute atomic E-state index is 0.384. The summed E-state index contributed by atoms with van der Waals surface area (Å²) in [5, 5.41) is 3.33. The van der Waals surface area contributed by atoms with E-state index in [4.69, 9.17) is 0 Å². The first-order valence-corrected chi connectivity index (χ1v) is 3.82. The second-order valence-corrected chi connectivity index (χ2v) is 2.22. The average molecular weight is 177 g/mol. The molecule has 0 unspecified atom stereocenters. The average Bonchev–Trinajstić information content (AvgIpc) is 2.39. The van der Waals surface area contributed by atoms with Crippen LogP contribution in [0.3, 0.4) is 0 Å². The zero-order chi connectivity index (χ0) is 9.78. The highest BCUT2D eigenvalue weighted by atomic mass is 19.3. The molecule has 0 N–H and O–H groups in total. The summed E-state index contributed by atoms with van der Waals surface area (Å²) in [6, 6.07) is 1.22. The predicted molar refractivity (Wildman–Crippen MR) is 42.2 cm³/mol. The molecule has 0 aliphatic rings. The number of hydrogen-bond acceptors (Lipinski definition) is 2. The molecule has 0 saturated carbocycles. The standard InChI is InChI=1S/C6H7F2NO.C2H6/c1-4-3-5(10-9-4)6(2,7)8;1-2/h3H,1-2H3;1-2H3. The molecule has 70 valence electrons. The topological polar surface area (TPSA) is 26.0 Å². The molecule has 4 heteroatoms. The Kier molecular flexibility index (Phi) is 3.86. The maximum Gasteiger partial charge on any atom is 0.304 e. The highest BCUT2D eigenvalue weighted by Gasteiger charge is 2.29. The van der Waals surface area contributed by atoms with Crippen molar-refractivity contribution in [2.45, 2.75) is 33.6 Å². The maximum absolute atomic E-state index is 12.3. The zero-order valence-corrected chi connectivity index (χ0v) is 7.69. The van der Waals surface area contributed by atoms with E-state index in [-0.39, 0.29) is 5.76 Å². The van der Waals surface area contributed by atoms with Gasteiger partial charge in [-0.1, -0.05) is 19.0 Å². The van der Waals surface area contributed by atoms with E-state index < -0.39 is 5.92 Å². The van der Waals surface area contributed by atoms with Crippen molar-refractivity contribution >= 4 is 0 Å². The molecule has 0 amide bonds. The lowest BCUT2D eigenvalue weighted by molar-refractivity contribution is -0.0105. The van der Waals surface area contributed by atoms with Crippen LogP contribution in [-0.2, 0) is 5.92 Å². The van der Waals surface area contributed by atoms with Gasteiger partial charge in [-0.15, -0.1) is 0 Å². The summed E-state index contributed by atoms with van der Waals surface area (Å²) >= 11 is 0. The molecule has 2 nitrogen and oxygen atoms in total. The smallest absolute Gasteiger partial charge is 0.304 e. The highest BCUT2D eigenvalue weighted by molar-refractivity contribution is 5.07. The van der Waals surface area contributed by atoms with Gasteiger partial charge in [-0.25, -0.2) is 0 Å². The van der Waals surface area contributed by atoms with E-state index in [1.54, 1.807) is 6.92 Å². The van der Waals surface area contributed by atoms with Gasteiger partial charge >= 0.3 is 5.92 Å². The molecule has 1 aromatic heterocycles. The quantitative estimate of drug-likeness (QED) is 0.658. The van der Waals surface area contributed by atoms with Crippen molar-refractivity contribution in [1.29, 1.82) is 0 Å². The zero-order valence-electron chi connectivity index (χ0n) is 7.69. The Labute approximate surface area is 70.6 Å². The van der Waals surface area contributed by atoms with Crippen LogP contribution in [0, 0.1) is 6.92 Å². The van der Waals surface area contributed by atoms with E-state index in [1.807, 2.05) is 13.8 Å². The molecular formula is C8H13F2NO. The molecule has 0 atom stereocenters. The van der Waals surface area contributed by atoms with Gasteiger partial charge in [0.05, 0.1) is 5.69 Å². The van der Waals surface area contributed by atoms with E-state index in [0.717, 1.165) is 6.92 Å². The second-order valence-electron chi connectivity index (χ2n) is 2.22. The van der Waals surface area contributed by atoms with Crippen LogP contribution >= 0.6 is 0 Å². The fraction of sp³-hybridized carbons (Fsp3) is 0.625. The van der Waals surface area contributed by atoms with E-state index in [1.165, 1.54) is 6.07 Å². The lowest BCUT2D eigenvalue weighted by atomic mass is 10.3. The van der Waals surface area contributed by atoms with Crippen LogP contribution < -0.4 is 0 Å². The maximum atomic E-state index is 12.3. The normalized spacial score (nSPS) is 10.5. The SMILES string of the molecule is CC.Cc1cc(C(C)(F)F)on1. The first-order valence-electron chi connectivity index (χ1n) is 3.82. The van der Waals surface area contributed by atoms with Crippen LogP contribution in [0.15, 0.2) is 10.6 Å². The molecule has 0 fully saturated rings. The Bertz CT molecular complexity index is 227. The minimum Gasteiger partial charge on any atom is -0.355 e. The van der Waals surface area contributed by atoms with Crippen LogP contribution in [0.1, 0.15) is 32.2 Å². The monoisotopic (exact) mass is 177 g/mol. The molecule has 0 bridgehead atoms. The first-order chi connectivity index (χ1) is 5.50. The number of aryl methyl sites for hydroxylation is 1. The molecule has 0 radical (unpaired) electrons. The summed E-state index contributed by atoms with van der Waals surface area (Å²) in [7, 11) is 0. The number of hydrogen-bond donors (Lipinski definition) is 0. The van der Waals surface area contributed by atoms with Gasteiger partial charge in [0.2, 0.25) is 5.76 Å². The van der Waals surface area contributed by atoms with Crippen molar-refractivity contribution in [3.63, 3.8) is 0 Å². The molecule has 0 spiro atoms. The predicted octanol–water partition coefficient (Wildman–Crippen LogP) is 3.12. The molecule has 1 heterocycles. The Morgan fingerprint density at radius 3 is 2.08 bits per heavy atom. The largest absolute Gasteiger partial charge is 0.355 e. The van der Waals surface area contributed by atoms with Crippen molar-refractivity contribution < 1.29 is 13.3 Å². The summed E-state index contributed by atoms with van der Waals surface area (Å²) < 4.78 is 29.0. The number of alkyl halides is 2. The van der Waals surface area contributed by atoms with Crippen LogP contribution in [0.4, 0.5) is 8.78 Å². The fourth-order valence-corrected chi connectivity index (χ4v) is 0.570. The van der Waals surface area contributed by atoms with E-state index in [9.17, 15) is 8.78 Å². The Balaban J connectivity index is 0.000000561. The summed E-state index contributed by atoms with van der Waals surface area (Å²) in [5.41, 5.74) is 0.469. The van der Waals surface area contributed by atoms with Gasteiger partial charge in [-0.2, -0.15) is 8.78 Å². The highest BCUT2D eigenvalue weighted by Crippen LogP contribution is 2.26. The summed E-state index contributed by atoms with van der Waals surface area (Å²) in [5.74, 6) is -3.30. The number of aromatic nitrogens is 1. The van der Waals surface area contributed by atoms with E-state index in [2.05, 4.69) is 9.68 Å². The molecule has 12 heavy (non-hydrogen) atoms. The molecule has 0 aromatic carbocycles. The van der Waals surface area contributed by atoms with Gasteiger partial charge in [0, 0.05) is 13.0 Å². The van der Waals surface area contributed by atoms with Crippen LogP contribution in [-0.4, -0.2) is 5.16 Å². The van der Waals surface area contributed by atoms with Gasteiger partial charge in [-0.05, 0) is 6.92 Å². The Morgan fingerprint density at radius 1 is 1.42 bits per heavy atom. The molecular weight excluding hydrogens is 164 g/mol. The molecule has 0 aliphatic heterocycles. The van der Waals surface area contributed by atoms with Gasteiger partial charge in [0.1, 0.15) is 0 Å². The van der Waals surface area contributed by atoms with Gasteiger partial charge in [0.25, 0.3) is 0 Å². The molecule has 0 saturated heterocycles. The molecule has 1 aromatic rings. The second kappa shape index (κ2) is 4.18. The summed E-state index contributed by atoms with van der Waals surface area (Å²) in [6.07, 6.45) is 0. The van der Waals surface area contributed by atoms with Gasteiger partial charge < -0.3 is 4.52 Å². The molecule has 1 rings (SSSR count). The van der Waals surface area contributed by atoms with Crippen molar-refractivity contribution in [3.05, 3.63) is 17.5 Å². The Hall–Kier alpha value is -0.930. The van der Waals surface area contributed by atoms with Crippen molar-refractivity contribution in [2.75, 3.05) is 0 Å². The molecule has 0 aliphatic carbocycles. The fourth-order valence-electron chi connectivity index (χ4n) is 0.570. The number of rotatable bonds is 1. The Morgan fingerprint density at radius 2 is 1.92 bits per heavy atom. The van der Waals surface area contributed by atoms with Crippen LogP contribution in [0.25, 0.3) is 0 Å². The van der Waals surface area contributed by atoms with Crippen molar-refractivity contribution in [2.24, 2.45) is 0 Å². The number of nitrogens with zero attached hydrogens (tertiary/aromatic N) is 1. The lowest BCUT2D eigenvalue weighted by Crippen LogP contribution is -2.04. The first kappa shape index (κ1) is 11.1. The van der Waals surface area contributed by atoms with E-state index >= 15 is 0 Å². The lowest BCUT2D eigenvalue weighted by Gasteiger charge is -2.02. The third-order valence-corrected chi connectivity index (χ3v) is 1.06. The number of halogens is 2. The summed E-state index contributed by atoms with van der Waals surface area (Å²) in [4.78, 5) is 0. The van der Waals surface area contributed by atoms with E-state index in [0.29, 0.717) is 5.69 Å². The van der Waals surface area contributed by atoms with Crippen molar-refractivity contribution in [3.8, 4) is 0 Å². The third-order valence-electron chi connectivity index (χ3n) is 1.06. The van der Waals surface area contributed by atoms with Gasteiger partial charge in [0.15, 0.2) is 0 Å². The van der Waals surface area contributed by atoms with Gasteiger partial charge in [-0.3, -0.25) is 0 Å². The minimum atomic E-state index is -2.92.